The van der Waals surface area contributed by atoms with Crippen LogP contribution in [0.5, 0.6) is 5.75 Å². The third kappa shape index (κ3) is 4.19. The number of benzene rings is 2. The second kappa shape index (κ2) is 8.31. The monoisotopic (exact) mass is 403 g/mol. The second-order valence-corrected chi connectivity index (χ2v) is 9.45. The fourth-order valence-electron chi connectivity index (χ4n) is 3.74. The number of carbonyl (C=O) groups excluding carboxylic acids is 2. The SMILES string of the molecule is CC[C@@H](C)N(C(=O)COc1ccc2ccccc2c1C=O)[C@@H]1CCS(=O)(=O)C1. The average Bonchev–Trinajstić information content (AvgIpc) is 3.04. The fraction of sp³-hybridized carbons (Fsp3) is 0.429. The van der Waals surface area contributed by atoms with Crippen molar-refractivity contribution in [3.63, 3.8) is 0 Å². The van der Waals surface area contributed by atoms with Gasteiger partial charge >= 0.3 is 0 Å². The van der Waals surface area contributed by atoms with Gasteiger partial charge in [-0.2, -0.15) is 0 Å². The molecule has 1 saturated heterocycles. The molecule has 2 atom stereocenters. The Morgan fingerprint density at radius 3 is 2.68 bits per heavy atom. The van der Waals surface area contributed by atoms with E-state index < -0.39 is 9.84 Å². The minimum atomic E-state index is -3.10. The molecule has 1 fully saturated rings. The van der Waals surface area contributed by atoms with E-state index in [1.54, 1.807) is 11.0 Å². The molecule has 0 saturated carbocycles. The summed E-state index contributed by atoms with van der Waals surface area (Å²) in [6, 6.07) is 10.6. The molecule has 2 aromatic rings. The van der Waals surface area contributed by atoms with E-state index in [0.29, 0.717) is 17.7 Å². The predicted octanol–water partition coefficient (Wildman–Crippen LogP) is 2.85. The van der Waals surface area contributed by atoms with Crippen molar-refractivity contribution in [2.75, 3.05) is 18.1 Å². The summed E-state index contributed by atoms with van der Waals surface area (Å²) in [5.41, 5.74) is 0.407. The molecule has 0 radical (unpaired) electrons. The Morgan fingerprint density at radius 2 is 2.04 bits per heavy atom. The van der Waals surface area contributed by atoms with E-state index in [0.717, 1.165) is 23.5 Å². The van der Waals surface area contributed by atoms with E-state index in [1.165, 1.54) is 0 Å². The van der Waals surface area contributed by atoms with Gasteiger partial charge in [-0.25, -0.2) is 8.42 Å². The quantitative estimate of drug-likeness (QED) is 0.664. The van der Waals surface area contributed by atoms with Crippen LogP contribution in [0.15, 0.2) is 36.4 Å². The average molecular weight is 404 g/mol. The maximum atomic E-state index is 12.9. The van der Waals surface area contributed by atoms with Gasteiger partial charge < -0.3 is 9.64 Å². The summed E-state index contributed by atoms with van der Waals surface area (Å²) in [6.07, 6.45) is 1.91. The van der Waals surface area contributed by atoms with Gasteiger partial charge in [0.15, 0.2) is 22.7 Å². The van der Waals surface area contributed by atoms with E-state index in [4.69, 9.17) is 4.74 Å². The molecule has 1 amide bonds. The number of rotatable bonds is 7. The standard InChI is InChI=1S/C21H25NO5S/c1-3-15(2)22(17-10-11-28(25,26)14-17)21(24)13-27-20-9-8-16-6-4-5-7-18(16)19(20)12-23/h4-9,12,15,17H,3,10-11,13-14H2,1-2H3/t15-,17-/m1/s1. The first-order valence-electron chi connectivity index (χ1n) is 9.47. The van der Waals surface area contributed by atoms with Gasteiger partial charge in [-0.05, 0) is 36.6 Å². The van der Waals surface area contributed by atoms with Gasteiger partial charge in [0.1, 0.15) is 5.75 Å². The number of amides is 1. The summed E-state index contributed by atoms with van der Waals surface area (Å²) in [4.78, 5) is 26.2. The lowest BCUT2D eigenvalue weighted by Crippen LogP contribution is -2.48. The molecule has 2 aromatic carbocycles. The number of ether oxygens (including phenoxy) is 1. The van der Waals surface area contributed by atoms with Crippen LogP contribution in [0, 0.1) is 0 Å². The van der Waals surface area contributed by atoms with Gasteiger partial charge in [-0.3, -0.25) is 9.59 Å². The largest absolute Gasteiger partial charge is 0.483 e. The van der Waals surface area contributed by atoms with Crippen LogP contribution in [0.1, 0.15) is 37.0 Å². The molecule has 150 valence electrons. The lowest BCUT2D eigenvalue weighted by molar-refractivity contribution is -0.137. The fourth-order valence-corrected chi connectivity index (χ4v) is 5.45. The Morgan fingerprint density at radius 1 is 1.29 bits per heavy atom. The molecule has 0 aromatic heterocycles. The normalized spacial score (nSPS) is 19.3. The smallest absolute Gasteiger partial charge is 0.261 e. The van der Waals surface area contributed by atoms with Gasteiger partial charge in [-0.15, -0.1) is 0 Å². The summed E-state index contributed by atoms with van der Waals surface area (Å²) in [5, 5.41) is 1.68. The zero-order valence-corrected chi connectivity index (χ0v) is 16.9. The number of sulfone groups is 1. The maximum absolute atomic E-state index is 12.9. The molecular weight excluding hydrogens is 378 g/mol. The highest BCUT2D eigenvalue weighted by Gasteiger charge is 2.36. The summed E-state index contributed by atoms with van der Waals surface area (Å²) < 4.78 is 29.4. The van der Waals surface area contributed by atoms with Crippen LogP contribution in [0.4, 0.5) is 0 Å². The van der Waals surface area contributed by atoms with E-state index in [-0.39, 0.29) is 36.1 Å². The van der Waals surface area contributed by atoms with Crippen LogP contribution in [0.3, 0.4) is 0 Å². The molecule has 0 aliphatic carbocycles. The van der Waals surface area contributed by atoms with Crippen molar-refractivity contribution in [1.82, 2.24) is 4.90 Å². The van der Waals surface area contributed by atoms with E-state index in [1.807, 2.05) is 44.2 Å². The van der Waals surface area contributed by atoms with Crippen molar-refractivity contribution in [2.45, 2.75) is 38.8 Å². The Balaban J connectivity index is 1.79. The van der Waals surface area contributed by atoms with Crippen molar-refractivity contribution in [3.8, 4) is 5.75 Å². The molecule has 3 rings (SSSR count). The number of nitrogens with zero attached hydrogens (tertiary/aromatic N) is 1. The number of carbonyl (C=O) groups is 2. The van der Waals surface area contributed by atoms with E-state index in [2.05, 4.69) is 0 Å². The van der Waals surface area contributed by atoms with Gasteiger partial charge in [0.05, 0.1) is 17.1 Å². The molecule has 1 aliphatic rings. The molecule has 7 heteroatoms. The lowest BCUT2D eigenvalue weighted by atomic mass is 10.0. The predicted molar refractivity (Wildman–Crippen MR) is 108 cm³/mol. The highest BCUT2D eigenvalue weighted by molar-refractivity contribution is 7.91. The Labute approximate surface area is 165 Å². The Bertz CT molecular complexity index is 985. The summed E-state index contributed by atoms with van der Waals surface area (Å²) >= 11 is 0. The van der Waals surface area contributed by atoms with Crippen molar-refractivity contribution in [2.24, 2.45) is 0 Å². The molecule has 28 heavy (non-hydrogen) atoms. The van der Waals surface area contributed by atoms with Gasteiger partial charge in [0, 0.05) is 12.1 Å². The van der Waals surface area contributed by atoms with E-state index in [9.17, 15) is 18.0 Å². The van der Waals surface area contributed by atoms with Crippen LogP contribution in [0.25, 0.3) is 10.8 Å². The Hall–Kier alpha value is -2.41. The zero-order valence-electron chi connectivity index (χ0n) is 16.1. The molecule has 0 unspecified atom stereocenters. The van der Waals surface area contributed by atoms with Crippen LogP contribution < -0.4 is 4.74 Å². The first-order valence-corrected chi connectivity index (χ1v) is 11.3. The highest BCUT2D eigenvalue weighted by atomic mass is 32.2. The van der Waals surface area contributed by atoms with Crippen LogP contribution in [-0.2, 0) is 14.6 Å². The number of aldehydes is 1. The van der Waals surface area contributed by atoms with Crippen molar-refractivity contribution in [1.29, 1.82) is 0 Å². The number of hydrogen-bond donors (Lipinski definition) is 0. The molecular formula is C21H25NO5S. The zero-order chi connectivity index (χ0) is 20.3. The second-order valence-electron chi connectivity index (χ2n) is 7.22. The Kier molecular flexibility index (Phi) is 6.03. The van der Waals surface area contributed by atoms with Crippen molar-refractivity contribution >= 4 is 32.8 Å². The maximum Gasteiger partial charge on any atom is 0.261 e. The van der Waals surface area contributed by atoms with Crippen LogP contribution >= 0.6 is 0 Å². The molecule has 0 N–H and O–H groups in total. The van der Waals surface area contributed by atoms with Crippen LogP contribution in [0.2, 0.25) is 0 Å². The van der Waals surface area contributed by atoms with Gasteiger partial charge in [-0.1, -0.05) is 37.3 Å². The van der Waals surface area contributed by atoms with Gasteiger partial charge in [0.2, 0.25) is 0 Å². The van der Waals surface area contributed by atoms with Gasteiger partial charge in [0.25, 0.3) is 5.91 Å². The first-order chi connectivity index (χ1) is 13.4. The topological polar surface area (TPSA) is 80.8 Å². The lowest BCUT2D eigenvalue weighted by Gasteiger charge is -2.33. The molecule has 0 spiro atoms. The molecule has 1 heterocycles. The molecule has 0 bridgehead atoms. The number of hydrogen-bond acceptors (Lipinski definition) is 5. The van der Waals surface area contributed by atoms with Crippen molar-refractivity contribution < 1.29 is 22.7 Å². The minimum Gasteiger partial charge on any atom is -0.483 e. The third-order valence-corrected chi connectivity index (χ3v) is 7.11. The molecule has 6 nitrogen and oxygen atoms in total. The van der Waals surface area contributed by atoms with E-state index >= 15 is 0 Å². The molecule has 1 aliphatic heterocycles. The van der Waals surface area contributed by atoms with Crippen molar-refractivity contribution in [3.05, 3.63) is 42.0 Å². The number of fused-ring (bicyclic) bond motifs is 1. The summed E-state index contributed by atoms with van der Waals surface area (Å²) in [7, 11) is -3.10. The minimum absolute atomic E-state index is 0.00135. The first kappa shape index (κ1) is 20.3. The van der Waals surface area contributed by atoms with Crippen LogP contribution in [-0.4, -0.2) is 55.7 Å². The third-order valence-electron chi connectivity index (χ3n) is 5.36. The summed E-state index contributed by atoms with van der Waals surface area (Å²) in [6.45, 7) is 3.64. The highest BCUT2D eigenvalue weighted by Crippen LogP contribution is 2.27. The summed E-state index contributed by atoms with van der Waals surface area (Å²) in [5.74, 6) is 0.198.